The third-order valence-corrected chi connectivity index (χ3v) is 3.25. The van der Waals surface area contributed by atoms with Gasteiger partial charge in [0.2, 0.25) is 11.6 Å². The van der Waals surface area contributed by atoms with Crippen molar-refractivity contribution in [3.05, 3.63) is 58.2 Å². The second kappa shape index (κ2) is 5.03. The van der Waals surface area contributed by atoms with Crippen LogP contribution in [0.4, 0.5) is 0 Å². The smallest absolute Gasteiger partial charge is 0.229 e. The fourth-order valence-electron chi connectivity index (χ4n) is 2.03. The van der Waals surface area contributed by atoms with Crippen LogP contribution in [0.3, 0.4) is 0 Å². The molecule has 0 bridgehead atoms. The van der Waals surface area contributed by atoms with E-state index in [1.807, 2.05) is 12.1 Å². The number of Topliss-reactive ketones (excluding diaryl/α,β-unsaturated/α-hetero) is 2. The minimum Gasteiger partial charge on any atom is -0.285 e. The van der Waals surface area contributed by atoms with Gasteiger partial charge in [0.1, 0.15) is 0 Å². The lowest BCUT2D eigenvalue weighted by Gasteiger charge is -2.14. The SMILES string of the molecule is CC1=CC(Cc2ccc(C#N)cc2)=C(C)C(=O)C1=O. The molecule has 2 rings (SSSR count). The van der Waals surface area contributed by atoms with E-state index in [9.17, 15) is 9.59 Å². The van der Waals surface area contributed by atoms with E-state index in [0.29, 0.717) is 23.1 Å². The van der Waals surface area contributed by atoms with Gasteiger partial charge in [-0.3, -0.25) is 9.59 Å². The summed E-state index contributed by atoms with van der Waals surface area (Å²) in [6.45, 7) is 3.34. The number of ketones is 2. The first-order valence-corrected chi connectivity index (χ1v) is 5.99. The highest BCUT2D eigenvalue weighted by atomic mass is 16.2. The summed E-state index contributed by atoms with van der Waals surface area (Å²) in [4.78, 5) is 23.3. The van der Waals surface area contributed by atoms with Gasteiger partial charge < -0.3 is 0 Å². The van der Waals surface area contributed by atoms with Crippen molar-refractivity contribution in [2.24, 2.45) is 0 Å². The number of nitrogens with zero attached hydrogens (tertiary/aromatic N) is 1. The number of allylic oxidation sites excluding steroid dienone is 4. The maximum absolute atomic E-state index is 11.7. The first-order valence-electron chi connectivity index (χ1n) is 5.99. The molecule has 0 aliphatic heterocycles. The van der Waals surface area contributed by atoms with Gasteiger partial charge in [-0.05, 0) is 43.5 Å². The van der Waals surface area contributed by atoms with E-state index < -0.39 is 11.6 Å². The number of benzene rings is 1. The maximum atomic E-state index is 11.7. The van der Waals surface area contributed by atoms with E-state index in [0.717, 1.165) is 11.1 Å². The largest absolute Gasteiger partial charge is 0.285 e. The Morgan fingerprint density at radius 3 is 2.26 bits per heavy atom. The zero-order valence-electron chi connectivity index (χ0n) is 10.9. The van der Waals surface area contributed by atoms with Crippen LogP contribution >= 0.6 is 0 Å². The molecular weight excluding hydrogens is 238 g/mol. The van der Waals surface area contributed by atoms with Crippen molar-refractivity contribution in [1.29, 1.82) is 5.26 Å². The number of rotatable bonds is 2. The number of carbonyl (C=O) groups excluding carboxylic acids is 2. The average Bonchev–Trinajstić information content (AvgIpc) is 2.43. The van der Waals surface area contributed by atoms with Crippen molar-refractivity contribution in [3.63, 3.8) is 0 Å². The van der Waals surface area contributed by atoms with Gasteiger partial charge in [-0.15, -0.1) is 0 Å². The first-order chi connectivity index (χ1) is 9.02. The number of carbonyl (C=O) groups is 2. The molecule has 1 aromatic carbocycles. The molecule has 19 heavy (non-hydrogen) atoms. The third-order valence-electron chi connectivity index (χ3n) is 3.25. The van der Waals surface area contributed by atoms with Crippen molar-refractivity contribution in [3.8, 4) is 6.07 Å². The minimum absolute atomic E-state index is 0.413. The number of hydrogen-bond donors (Lipinski definition) is 0. The van der Waals surface area contributed by atoms with Crippen LogP contribution in [0.15, 0.2) is 47.1 Å². The fraction of sp³-hybridized carbons (Fsp3) is 0.188. The molecule has 0 saturated carbocycles. The summed E-state index contributed by atoms with van der Waals surface area (Å²) in [5, 5.41) is 8.74. The van der Waals surface area contributed by atoms with E-state index in [2.05, 4.69) is 6.07 Å². The molecule has 3 heteroatoms. The molecule has 1 aliphatic rings. The molecule has 94 valence electrons. The highest BCUT2D eigenvalue weighted by molar-refractivity contribution is 6.49. The lowest BCUT2D eigenvalue weighted by molar-refractivity contribution is -0.132. The van der Waals surface area contributed by atoms with Gasteiger partial charge in [-0.1, -0.05) is 18.2 Å². The van der Waals surface area contributed by atoms with E-state index in [4.69, 9.17) is 5.26 Å². The predicted molar refractivity (Wildman–Crippen MR) is 71.3 cm³/mol. The second-order valence-electron chi connectivity index (χ2n) is 4.62. The normalized spacial score (nSPS) is 15.3. The molecule has 0 amide bonds. The molecule has 0 aromatic heterocycles. The Kier molecular flexibility index (Phi) is 3.43. The third kappa shape index (κ3) is 2.53. The monoisotopic (exact) mass is 251 g/mol. The summed E-state index contributed by atoms with van der Waals surface area (Å²) >= 11 is 0. The molecular formula is C16H13NO2. The van der Waals surface area contributed by atoms with Gasteiger partial charge in [0, 0.05) is 11.1 Å². The molecule has 0 N–H and O–H groups in total. The standard InChI is InChI=1S/C16H13NO2/c1-10-7-14(11(2)16(19)15(10)18)8-12-3-5-13(9-17)6-4-12/h3-7H,8H2,1-2H3. The van der Waals surface area contributed by atoms with E-state index in [1.165, 1.54) is 0 Å². The highest BCUT2D eigenvalue weighted by Crippen LogP contribution is 2.22. The van der Waals surface area contributed by atoms with Crippen LogP contribution < -0.4 is 0 Å². The van der Waals surface area contributed by atoms with Crippen molar-refractivity contribution in [1.82, 2.24) is 0 Å². The summed E-state index contributed by atoms with van der Waals surface area (Å²) in [6, 6.07) is 9.29. The number of hydrogen-bond acceptors (Lipinski definition) is 3. The fourth-order valence-corrected chi connectivity index (χ4v) is 2.03. The summed E-state index contributed by atoms with van der Waals surface area (Å²) in [6.07, 6.45) is 2.37. The molecule has 1 aliphatic carbocycles. The molecule has 0 atom stereocenters. The molecule has 1 aromatic rings. The first kappa shape index (κ1) is 13.0. The molecule has 0 saturated heterocycles. The Morgan fingerprint density at radius 2 is 1.68 bits per heavy atom. The minimum atomic E-state index is -0.416. The zero-order chi connectivity index (χ0) is 14.0. The van der Waals surface area contributed by atoms with Crippen molar-refractivity contribution >= 4 is 11.6 Å². The Morgan fingerprint density at radius 1 is 1.05 bits per heavy atom. The Labute approximate surface area is 111 Å². The van der Waals surface area contributed by atoms with Gasteiger partial charge in [0.15, 0.2) is 0 Å². The number of nitriles is 1. The van der Waals surface area contributed by atoms with Gasteiger partial charge >= 0.3 is 0 Å². The lowest BCUT2D eigenvalue weighted by Crippen LogP contribution is -2.21. The summed E-state index contributed by atoms with van der Waals surface area (Å²) < 4.78 is 0. The summed E-state index contributed by atoms with van der Waals surface area (Å²) in [5.41, 5.74) is 3.49. The molecule has 3 nitrogen and oxygen atoms in total. The van der Waals surface area contributed by atoms with E-state index in [-0.39, 0.29) is 0 Å². The molecule has 0 radical (unpaired) electrons. The predicted octanol–water partition coefficient (Wildman–Crippen LogP) is 2.52. The second-order valence-corrected chi connectivity index (χ2v) is 4.62. The molecule has 0 fully saturated rings. The van der Waals surface area contributed by atoms with Crippen molar-refractivity contribution < 1.29 is 9.59 Å². The van der Waals surface area contributed by atoms with Crippen LogP contribution in [0.5, 0.6) is 0 Å². The molecule has 0 heterocycles. The van der Waals surface area contributed by atoms with E-state index in [1.54, 1.807) is 32.1 Å². The van der Waals surface area contributed by atoms with Crippen LogP contribution in [-0.4, -0.2) is 11.6 Å². The van der Waals surface area contributed by atoms with Crippen LogP contribution in [0.1, 0.15) is 25.0 Å². The Balaban J connectivity index is 2.30. The zero-order valence-corrected chi connectivity index (χ0v) is 10.9. The summed E-state index contributed by atoms with van der Waals surface area (Å²) in [7, 11) is 0. The van der Waals surface area contributed by atoms with Crippen LogP contribution in [0.25, 0.3) is 0 Å². The van der Waals surface area contributed by atoms with Crippen molar-refractivity contribution in [2.45, 2.75) is 20.3 Å². The van der Waals surface area contributed by atoms with Crippen molar-refractivity contribution in [2.75, 3.05) is 0 Å². The van der Waals surface area contributed by atoms with Crippen LogP contribution in [0.2, 0.25) is 0 Å². The molecule has 0 unspecified atom stereocenters. The Bertz CT molecular complexity index is 651. The highest BCUT2D eigenvalue weighted by Gasteiger charge is 2.24. The lowest BCUT2D eigenvalue weighted by atomic mass is 9.88. The average molecular weight is 251 g/mol. The Hall–Kier alpha value is -2.47. The van der Waals surface area contributed by atoms with Crippen LogP contribution in [0, 0.1) is 11.3 Å². The quantitative estimate of drug-likeness (QED) is 0.599. The van der Waals surface area contributed by atoms with Gasteiger partial charge in [-0.25, -0.2) is 0 Å². The summed E-state index contributed by atoms with van der Waals surface area (Å²) in [5.74, 6) is -0.829. The van der Waals surface area contributed by atoms with Gasteiger partial charge in [0.05, 0.1) is 11.6 Å². The topological polar surface area (TPSA) is 57.9 Å². The van der Waals surface area contributed by atoms with Gasteiger partial charge in [-0.2, -0.15) is 5.26 Å². The van der Waals surface area contributed by atoms with Gasteiger partial charge in [0.25, 0.3) is 0 Å². The van der Waals surface area contributed by atoms with E-state index >= 15 is 0 Å². The maximum Gasteiger partial charge on any atom is 0.229 e. The van der Waals surface area contributed by atoms with Crippen LogP contribution in [-0.2, 0) is 16.0 Å². The molecule has 0 spiro atoms.